The van der Waals surface area contributed by atoms with Crippen molar-refractivity contribution in [1.82, 2.24) is 4.90 Å². The van der Waals surface area contributed by atoms with E-state index in [9.17, 15) is 14.0 Å². The molecule has 1 unspecified atom stereocenters. The maximum atomic E-state index is 14.4. The topological polar surface area (TPSA) is 52.7 Å². The molecule has 2 aliphatic rings. The number of nitrogens with zero attached hydrogens (tertiary/aromatic N) is 2. The molecule has 0 radical (unpaired) electrons. The SMILES string of the molecule is Cc1ccc2c(c1)C1(SCCN1C(=O)Nc1cccc(Cl)c1)C(=O)N2Cc1ccccc1F. The van der Waals surface area contributed by atoms with E-state index in [0.29, 0.717) is 34.3 Å². The lowest BCUT2D eigenvalue weighted by Crippen LogP contribution is -2.51. The molecule has 0 aliphatic carbocycles. The molecule has 3 aromatic rings. The van der Waals surface area contributed by atoms with Gasteiger partial charge in [0.2, 0.25) is 0 Å². The summed E-state index contributed by atoms with van der Waals surface area (Å²) in [6.07, 6.45) is 0. The number of amides is 3. The van der Waals surface area contributed by atoms with E-state index in [1.54, 1.807) is 52.3 Å². The van der Waals surface area contributed by atoms with Gasteiger partial charge in [-0.15, -0.1) is 11.8 Å². The minimum absolute atomic E-state index is 0.0909. The molecule has 1 atom stereocenters. The van der Waals surface area contributed by atoms with E-state index in [2.05, 4.69) is 5.32 Å². The Balaban J connectivity index is 1.54. The molecule has 2 heterocycles. The Morgan fingerprint density at radius 1 is 1.15 bits per heavy atom. The normalized spacial score (nSPS) is 19.3. The van der Waals surface area contributed by atoms with Crippen LogP contribution < -0.4 is 10.2 Å². The largest absolute Gasteiger partial charge is 0.323 e. The minimum atomic E-state index is -1.20. The number of carbonyl (C=O) groups excluding carboxylic acids is 2. The number of benzene rings is 3. The van der Waals surface area contributed by atoms with Crippen molar-refractivity contribution >= 4 is 46.7 Å². The van der Waals surface area contributed by atoms with E-state index in [-0.39, 0.29) is 24.3 Å². The average molecular weight is 482 g/mol. The molecular formula is C25H21ClFN3O2S. The van der Waals surface area contributed by atoms with Gasteiger partial charge in [0.1, 0.15) is 5.82 Å². The Bertz CT molecular complexity index is 1270. The first-order chi connectivity index (χ1) is 15.9. The van der Waals surface area contributed by atoms with E-state index in [1.807, 2.05) is 25.1 Å². The van der Waals surface area contributed by atoms with Crippen LogP contribution in [0.15, 0.2) is 66.7 Å². The summed E-state index contributed by atoms with van der Waals surface area (Å²) in [5, 5.41) is 3.38. The van der Waals surface area contributed by atoms with Crippen molar-refractivity contribution in [2.45, 2.75) is 18.3 Å². The Labute approximate surface area is 200 Å². The molecule has 5 nitrogen and oxygen atoms in total. The summed E-state index contributed by atoms with van der Waals surface area (Å²) >= 11 is 7.50. The van der Waals surface area contributed by atoms with Crippen molar-refractivity contribution in [3.63, 3.8) is 0 Å². The maximum Gasteiger partial charge on any atom is 0.323 e. The number of fused-ring (bicyclic) bond motifs is 2. The Morgan fingerprint density at radius 2 is 1.97 bits per heavy atom. The second-order valence-corrected chi connectivity index (χ2v) is 9.81. The molecule has 0 aromatic heterocycles. The van der Waals surface area contributed by atoms with Gasteiger partial charge in [0.15, 0.2) is 4.87 Å². The monoisotopic (exact) mass is 481 g/mol. The van der Waals surface area contributed by atoms with Crippen LogP contribution in [0.4, 0.5) is 20.6 Å². The van der Waals surface area contributed by atoms with Crippen LogP contribution in [-0.2, 0) is 16.2 Å². The van der Waals surface area contributed by atoms with Gasteiger partial charge in [-0.1, -0.05) is 53.6 Å². The van der Waals surface area contributed by atoms with Gasteiger partial charge in [0.05, 0.1) is 12.2 Å². The highest BCUT2D eigenvalue weighted by molar-refractivity contribution is 8.01. The van der Waals surface area contributed by atoms with Crippen LogP contribution >= 0.6 is 23.4 Å². The predicted molar refractivity (Wildman–Crippen MR) is 130 cm³/mol. The van der Waals surface area contributed by atoms with Gasteiger partial charge in [-0.05, 0) is 37.3 Å². The minimum Gasteiger partial charge on any atom is -0.308 e. The van der Waals surface area contributed by atoms with E-state index < -0.39 is 4.87 Å². The van der Waals surface area contributed by atoms with Crippen LogP contribution in [0.5, 0.6) is 0 Å². The van der Waals surface area contributed by atoms with Crippen LogP contribution in [0.2, 0.25) is 5.02 Å². The van der Waals surface area contributed by atoms with Crippen molar-refractivity contribution < 1.29 is 14.0 Å². The van der Waals surface area contributed by atoms with Crippen LogP contribution in [-0.4, -0.2) is 29.1 Å². The summed E-state index contributed by atoms with van der Waals surface area (Å²) in [4.78, 5) is 29.3. The second kappa shape index (κ2) is 8.39. The van der Waals surface area contributed by atoms with Crippen LogP contribution in [0.3, 0.4) is 0 Å². The number of carbonyl (C=O) groups is 2. The first-order valence-corrected chi connectivity index (χ1v) is 11.9. The molecule has 3 amide bonds. The molecule has 8 heteroatoms. The maximum absolute atomic E-state index is 14.4. The van der Waals surface area contributed by atoms with Gasteiger partial charge >= 0.3 is 6.03 Å². The van der Waals surface area contributed by atoms with Gasteiger partial charge in [0.25, 0.3) is 5.91 Å². The van der Waals surface area contributed by atoms with Crippen molar-refractivity contribution in [3.05, 3.63) is 94.3 Å². The van der Waals surface area contributed by atoms with E-state index >= 15 is 0 Å². The first-order valence-electron chi connectivity index (χ1n) is 10.5. The molecule has 33 heavy (non-hydrogen) atoms. The van der Waals surface area contributed by atoms with Crippen molar-refractivity contribution in [3.8, 4) is 0 Å². The average Bonchev–Trinajstić information content (AvgIpc) is 3.32. The van der Waals surface area contributed by atoms with E-state index in [4.69, 9.17) is 11.6 Å². The molecule has 1 fully saturated rings. The third-order valence-corrected chi connectivity index (χ3v) is 7.61. The lowest BCUT2D eigenvalue weighted by molar-refractivity contribution is -0.123. The lowest BCUT2D eigenvalue weighted by Gasteiger charge is -2.33. The zero-order valence-electron chi connectivity index (χ0n) is 17.8. The first kappa shape index (κ1) is 21.8. The summed E-state index contributed by atoms with van der Waals surface area (Å²) in [5.74, 6) is -0.0000438. The van der Waals surface area contributed by atoms with Gasteiger partial charge in [0, 0.05) is 34.1 Å². The number of aryl methyl sites for hydroxylation is 1. The van der Waals surface area contributed by atoms with E-state index in [1.165, 1.54) is 17.8 Å². The van der Waals surface area contributed by atoms with Crippen LogP contribution in [0.25, 0.3) is 0 Å². The molecular weight excluding hydrogens is 461 g/mol. The molecule has 0 saturated carbocycles. The van der Waals surface area contributed by atoms with Crippen molar-refractivity contribution in [1.29, 1.82) is 0 Å². The number of hydrogen-bond acceptors (Lipinski definition) is 3. The standard InChI is InChI=1S/C25H21ClFN3O2S/c1-16-9-10-22-20(13-16)25(23(31)29(22)15-17-5-2-3-8-21(17)27)30(11-12-33-25)24(32)28-19-7-4-6-18(26)14-19/h2-10,13-14H,11-12,15H2,1H3,(H,28,32). The van der Waals surface area contributed by atoms with Gasteiger partial charge in [-0.25, -0.2) is 9.18 Å². The van der Waals surface area contributed by atoms with Gasteiger partial charge < -0.3 is 10.2 Å². The molecule has 1 N–H and O–H groups in total. The van der Waals surface area contributed by atoms with Crippen molar-refractivity contribution in [2.75, 3.05) is 22.5 Å². The molecule has 1 saturated heterocycles. The fourth-order valence-electron chi connectivity index (χ4n) is 4.44. The number of thioether (sulfide) groups is 1. The number of urea groups is 1. The quantitative estimate of drug-likeness (QED) is 0.517. The highest BCUT2D eigenvalue weighted by Crippen LogP contribution is 2.54. The number of anilines is 2. The smallest absolute Gasteiger partial charge is 0.308 e. The number of rotatable bonds is 3. The highest BCUT2D eigenvalue weighted by atomic mass is 35.5. The third kappa shape index (κ3) is 3.65. The zero-order chi connectivity index (χ0) is 23.2. The summed E-state index contributed by atoms with van der Waals surface area (Å²) < 4.78 is 14.4. The number of halogens is 2. The summed E-state index contributed by atoms with van der Waals surface area (Å²) in [6, 6.07) is 18.7. The van der Waals surface area contributed by atoms with Crippen LogP contribution in [0.1, 0.15) is 16.7 Å². The number of nitrogens with one attached hydrogen (secondary N) is 1. The fraction of sp³-hybridized carbons (Fsp3) is 0.200. The highest BCUT2D eigenvalue weighted by Gasteiger charge is 2.59. The fourth-order valence-corrected chi connectivity index (χ4v) is 6.08. The molecule has 3 aromatic carbocycles. The molecule has 0 bridgehead atoms. The second-order valence-electron chi connectivity index (χ2n) is 8.09. The van der Waals surface area contributed by atoms with Gasteiger partial charge in [-0.2, -0.15) is 0 Å². The summed E-state index contributed by atoms with van der Waals surface area (Å²) in [5.41, 5.74) is 3.41. The Kier molecular flexibility index (Phi) is 5.54. The van der Waals surface area contributed by atoms with Gasteiger partial charge in [-0.3, -0.25) is 9.69 Å². The summed E-state index contributed by atoms with van der Waals surface area (Å²) in [7, 11) is 0. The summed E-state index contributed by atoms with van der Waals surface area (Å²) in [6.45, 7) is 2.45. The molecule has 2 aliphatic heterocycles. The molecule has 168 valence electrons. The van der Waals surface area contributed by atoms with Crippen molar-refractivity contribution in [2.24, 2.45) is 0 Å². The predicted octanol–water partition coefficient (Wildman–Crippen LogP) is 5.77. The number of hydrogen-bond donors (Lipinski definition) is 1. The van der Waals surface area contributed by atoms with E-state index in [0.717, 1.165) is 11.1 Å². The zero-order valence-corrected chi connectivity index (χ0v) is 19.4. The Morgan fingerprint density at radius 3 is 2.76 bits per heavy atom. The Hall–Kier alpha value is -3.03. The van der Waals surface area contributed by atoms with Crippen LogP contribution in [0, 0.1) is 12.7 Å². The molecule has 5 rings (SSSR count). The lowest BCUT2D eigenvalue weighted by atomic mass is 10.0. The molecule has 1 spiro atoms. The third-order valence-electron chi connectivity index (χ3n) is 5.96.